The average molecular weight is 259 g/mol. The van der Waals surface area contributed by atoms with Crippen molar-refractivity contribution in [3.63, 3.8) is 0 Å². The highest BCUT2D eigenvalue weighted by Crippen LogP contribution is 2.47. The first-order valence-corrected chi connectivity index (χ1v) is 6.49. The van der Waals surface area contributed by atoms with Crippen LogP contribution in [0.25, 0.3) is 0 Å². The lowest BCUT2D eigenvalue weighted by atomic mass is 9.86. The monoisotopic (exact) mass is 259 g/mol. The zero-order chi connectivity index (χ0) is 13.6. The minimum Gasteiger partial charge on any atom is -0.308 e. The first-order valence-electron chi connectivity index (χ1n) is 6.49. The first-order chi connectivity index (χ1) is 9.05. The van der Waals surface area contributed by atoms with Gasteiger partial charge in [0.05, 0.1) is 16.8 Å². The number of anilines is 2. The molecule has 0 spiro atoms. The van der Waals surface area contributed by atoms with E-state index in [1.54, 1.807) is 0 Å². The number of hydrogen-bond acceptors (Lipinski definition) is 3. The molecule has 1 fully saturated rings. The fraction of sp³-hybridized carbons (Fsp3) is 0.429. The molecular formula is C14H17N3O2. The summed E-state index contributed by atoms with van der Waals surface area (Å²) < 4.78 is 0. The first kappa shape index (κ1) is 12.0. The quantitative estimate of drug-likeness (QED) is 0.637. The SMILES string of the molecule is CC1(C)C(=O)N(C2CC2)c2cc(NNC=O)ccc21. The predicted molar refractivity (Wildman–Crippen MR) is 72.8 cm³/mol. The van der Waals surface area contributed by atoms with Crippen LogP contribution in [0.3, 0.4) is 0 Å². The summed E-state index contributed by atoms with van der Waals surface area (Å²) in [6, 6.07) is 6.12. The molecule has 1 aromatic carbocycles. The number of nitrogens with zero attached hydrogens (tertiary/aromatic N) is 1. The molecule has 5 nitrogen and oxygen atoms in total. The van der Waals surface area contributed by atoms with Gasteiger partial charge in [-0.25, -0.2) is 0 Å². The lowest BCUT2D eigenvalue weighted by molar-refractivity contribution is -0.122. The Morgan fingerprint density at radius 1 is 1.37 bits per heavy atom. The van der Waals surface area contributed by atoms with Crippen LogP contribution >= 0.6 is 0 Å². The Morgan fingerprint density at radius 2 is 2.11 bits per heavy atom. The van der Waals surface area contributed by atoms with Gasteiger partial charge in [-0.15, -0.1) is 0 Å². The van der Waals surface area contributed by atoms with E-state index in [1.807, 2.05) is 36.9 Å². The molecule has 2 aliphatic rings. The summed E-state index contributed by atoms with van der Waals surface area (Å²) in [5.74, 6) is 0.172. The topological polar surface area (TPSA) is 61.4 Å². The summed E-state index contributed by atoms with van der Waals surface area (Å²) in [5.41, 5.74) is 7.54. The van der Waals surface area contributed by atoms with Gasteiger partial charge in [-0.2, -0.15) is 0 Å². The second-order valence-corrected chi connectivity index (χ2v) is 5.65. The molecule has 19 heavy (non-hydrogen) atoms. The smallest absolute Gasteiger partial charge is 0.237 e. The standard InChI is InChI=1S/C14H17N3O2/c1-14(2)11-6-3-9(16-15-8-18)7-12(11)17(13(14)19)10-4-5-10/h3,6-8,10,16H,4-5H2,1-2H3,(H,15,18). The zero-order valence-electron chi connectivity index (χ0n) is 11.1. The van der Waals surface area contributed by atoms with E-state index in [2.05, 4.69) is 10.9 Å². The normalized spacial score (nSPS) is 20.1. The highest BCUT2D eigenvalue weighted by Gasteiger charge is 2.48. The van der Waals surface area contributed by atoms with Gasteiger partial charge >= 0.3 is 0 Å². The van der Waals surface area contributed by atoms with E-state index in [0.29, 0.717) is 12.5 Å². The Bertz CT molecular complexity index is 550. The van der Waals surface area contributed by atoms with Gasteiger partial charge in [-0.3, -0.25) is 20.4 Å². The van der Waals surface area contributed by atoms with Gasteiger partial charge in [0, 0.05) is 6.04 Å². The van der Waals surface area contributed by atoms with E-state index < -0.39 is 5.41 Å². The lowest BCUT2D eigenvalue weighted by Gasteiger charge is -2.19. The molecule has 2 N–H and O–H groups in total. The minimum absolute atomic E-state index is 0.172. The number of fused-ring (bicyclic) bond motifs is 1. The van der Waals surface area contributed by atoms with E-state index in [1.165, 1.54) is 0 Å². The molecule has 5 heteroatoms. The zero-order valence-corrected chi connectivity index (χ0v) is 11.1. The van der Waals surface area contributed by atoms with Gasteiger partial charge < -0.3 is 4.90 Å². The number of carbonyl (C=O) groups is 2. The van der Waals surface area contributed by atoms with Crippen LogP contribution in [0.2, 0.25) is 0 Å². The average Bonchev–Trinajstić information content (AvgIpc) is 3.18. The van der Waals surface area contributed by atoms with Crippen LogP contribution in [0.1, 0.15) is 32.3 Å². The Hall–Kier alpha value is -2.04. The Morgan fingerprint density at radius 3 is 2.74 bits per heavy atom. The van der Waals surface area contributed by atoms with Crippen molar-refractivity contribution in [1.82, 2.24) is 5.43 Å². The van der Waals surface area contributed by atoms with E-state index in [-0.39, 0.29) is 5.91 Å². The second kappa shape index (κ2) is 3.98. The molecule has 0 unspecified atom stereocenters. The molecule has 2 amide bonds. The van der Waals surface area contributed by atoms with Crippen LogP contribution in [0.15, 0.2) is 18.2 Å². The third-order valence-electron chi connectivity index (χ3n) is 3.87. The van der Waals surface area contributed by atoms with Gasteiger partial charge in [0.2, 0.25) is 12.3 Å². The summed E-state index contributed by atoms with van der Waals surface area (Å²) in [6.45, 7) is 3.93. The summed E-state index contributed by atoms with van der Waals surface area (Å²) in [7, 11) is 0. The van der Waals surface area contributed by atoms with Gasteiger partial charge in [0.1, 0.15) is 0 Å². The molecule has 0 atom stereocenters. The van der Waals surface area contributed by atoms with Crippen molar-refractivity contribution in [1.29, 1.82) is 0 Å². The Balaban J connectivity index is 2.02. The number of hydrogen-bond donors (Lipinski definition) is 2. The number of rotatable bonds is 4. The molecular weight excluding hydrogens is 242 g/mol. The maximum Gasteiger partial charge on any atom is 0.237 e. The highest BCUT2D eigenvalue weighted by molar-refractivity contribution is 6.08. The third kappa shape index (κ3) is 1.77. The number of carbonyl (C=O) groups excluding carboxylic acids is 2. The number of hydrazine groups is 1. The fourth-order valence-corrected chi connectivity index (χ4v) is 2.67. The molecule has 3 rings (SSSR count). The maximum absolute atomic E-state index is 12.5. The number of benzene rings is 1. The molecule has 1 aromatic rings. The number of nitrogens with one attached hydrogen (secondary N) is 2. The van der Waals surface area contributed by atoms with Crippen molar-refractivity contribution in [2.45, 2.75) is 38.1 Å². The molecule has 100 valence electrons. The van der Waals surface area contributed by atoms with Crippen LogP contribution in [-0.2, 0) is 15.0 Å². The van der Waals surface area contributed by atoms with Gasteiger partial charge in [-0.05, 0) is 44.4 Å². The highest BCUT2D eigenvalue weighted by atomic mass is 16.2. The van der Waals surface area contributed by atoms with E-state index in [4.69, 9.17) is 0 Å². The predicted octanol–water partition coefficient (Wildman–Crippen LogP) is 1.55. The van der Waals surface area contributed by atoms with E-state index in [0.717, 1.165) is 29.8 Å². The van der Waals surface area contributed by atoms with E-state index in [9.17, 15) is 9.59 Å². The van der Waals surface area contributed by atoms with Crippen molar-refractivity contribution in [3.05, 3.63) is 23.8 Å². The summed E-state index contributed by atoms with van der Waals surface area (Å²) in [6.07, 6.45) is 2.73. The van der Waals surface area contributed by atoms with Crippen molar-refractivity contribution < 1.29 is 9.59 Å². The van der Waals surface area contributed by atoms with Crippen molar-refractivity contribution in [2.24, 2.45) is 0 Å². The van der Waals surface area contributed by atoms with Gasteiger partial charge in [0.25, 0.3) is 0 Å². The largest absolute Gasteiger partial charge is 0.308 e. The fourth-order valence-electron chi connectivity index (χ4n) is 2.67. The molecule has 0 saturated heterocycles. The van der Waals surface area contributed by atoms with Crippen molar-refractivity contribution >= 4 is 23.7 Å². The Labute approximate surface area is 111 Å². The second-order valence-electron chi connectivity index (χ2n) is 5.65. The lowest BCUT2D eigenvalue weighted by Crippen LogP contribution is -2.37. The molecule has 0 aromatic heterocycles. The van der Waals surface area contributed by atoms with Crippen LogP contribution < -0.4 is 15.8 Å². The van der Waals surface area contributed by atoms with Crippen LogP contribution in [0.4, 0.5) is 11.4 Å². The van der Waals surface area contributed by atoms with Crippen molar-refractivity contribution in [3.8, 4) is 0 Å². The van der Waals surface area contributed by atoms with Crippen LogP contribution in [-0.4, -0.2) is 18.4 Å². The molecule has 1 heterocycles. The maximum atomic E-state index is 12.5. The molecule has 1 saturated carbocycles. The molecule has 0 radical (unpaired) electrons. The summed E-state index contributed by atoms with van der Waals surface area (Å²) >= 11 is 0. The third-order valence-corrected chi connectivity index (χ3v) is 3.87. The van der Waals surface area contributed by atoms with E-state index >= 15 is 0 Å². The summed E-state index contributed by atoms with van der Waals surface area (Å²) in [4.78, 5) is 24.8. The number of amides is 2. The van der Waals surface area contributed by atoms with Crippen LogP contribution in [0.5, 0.6) is 0 Å². The van der Waals surface area contributed by atoms with Gasteiger partial charge in [-0.1, -0.05) is 6.07 Å². The Kier molecular flexibility index (Phi) is 2.52. The molecule has 1 aliphatic carbocycles. The molecule has 1 aliphatic heterocycles. The van der Waals surface area contributed by atoms with Gasteiger partial charge in [0.15, 0.2) is 0 Å². The molecule has 0 bridgehead atoms. The summed E-state index contributed by atoms with van der Waals surface area (Å²) in [5, 5.41) is 0. The van der Waals surface area contributed by atoms with Crippen LogP contribution in [0, 0.1) is 0 Å². The minimum atomic E-state index is -0.464. The van der Waals surface area contributed by atoms with Crippen molar-refractivity contribution in [2.75, 3.05) is 10.3 Å².